The summed E-state index contributed by atoms with van der Waals surface area (Å²) in [6.07, 6.45) is -3.59. The van der Waals surface area contributed by atoms with E-state index in [0.29, 0.717) is 0 Å². The molecule has 0 radical (unpaired) electrons. The summed E-state index contributed by atoms with van der Waals surface area (Å²) in [5.41, 5.74) is 0. The second kappa shape index (κ2) is 4.77. The van der Waals surface area contributed by atoms with E-state index in [-0.39, 0.29) is 5.88 Å². The molecule has 5 unspecified atom stereocenters. The topological polar surface area (TPSA) is 58.9 Å². The average molecular weight is 231 g/mol. The molecule has 4 nitrogen and oxygen atoms in total. The van der Waals surface area contributed by atoms with Gasteiger partial charge in [-0.1, -0.05) is 0 Å². The number of rotatable bonds is 2. The molecule has 1 heterocycles. The van der Waals surface area contributed by atoms with E-state index in [0.717, 1.165) is 0 Å². The van der Waals surface area contributed by atoms with Crippen LogP contribution < -0.4 is 0 Å². The Hall–Kier alpha value is 0.420. The molecule has 13 heavy (non-hydrogen) atoms. The van der Waals surface area contributed by atoms with Crippen molar-refractivity contribution in [1.29, 1.82) is 0 Å². The molecule has 0 bridgehead atoms. The maximum atomic E-state index is 9.45. The van der Waals surface area contributed by atoms with Gasteiger partial charge in [0.25, 0.3) is 0 Å². The van der Waals surface area contributed by atoms with Crippen molar-refractivity contribution < 1.29 is 19.7 Å². The van der Waals surface area contributed by atoms with Crippen LogP contribution in [0.4, 0.5) is 0 Å². The molecule has 2 N–H and O–H groups in total. The number of aliphatic hydroxyl groups is 2. The molecule has 1 fully saturated rings. The number of halogens is 2. The highest BCUT2D eigenvalue weighted by Gasteiger charge is 2.43. The number of aliphatic hydroxyl groups excluding tert-OH is 2. The third-order valence-corrected chi connectivity index (χ3v) is 2.85. The third kappa shape index (κ3) is 2.26. The van der Waals surface area contributed by atoms with Gasteiger partial charge < -0.3 is 19.7 Å². The van der Waals surface area contributed by atoms with Gasteiger partial charge in [-0.25, -0.2) is 0 Å². The van der Waals surface area contributed by atoms with Crippen molar-refractivity contribution in [2.75, 3.05) is 13.0 Å². The summed E-state index contributed by atoms with van der Waals surface area (Å²) < 4.78 is 9.99. The largest absolute Gasteiger partial charge is 0.389 e. The van der Waals surface area contributed by atoms with Crippen LogP contribution in [0, 0.1) is 0 Å². The molecule has 1 aliphatic heterocycles. The average Bonchev–Trinajstić information content (AvgIpc) is 2.15. The SMILES string of the molecule is COC1OC(CCl)C(Cl)C(O)C1O. The monoisotopic (exact) mass is 230 g/mol. The van der Waals surface area contributed by atoms with Gasteiger partial charge in [-0.15, -0.1) is 23.2 Å². The van der Waals surface area contributed by atoms with E-state index in [1.165, 1.54) is 7.11 Å². The predicted molar refractivity (Wildman–Crippen MR) is 48.0 cm³/mol. The van der Waals surface area contributed by atoms with Crippen molar-refractivity contribution in [3.63, 3.8) is 0 Å². The number of methoxy groups -OCH3 is 1. The van der Waals surface area contributed by atoms with E-state index in [9.17, 15) is 10.2 Å². The summed E-state index contributed by atoms with van der Waals surface area (Å²) in [6, 6.07) is 0. The second-order valence-corrected chi connectivity index (χ2v) is 3.67. The minimum atomic E-state index is -1.13. The van der Waals surface area contributed by atoms with Crippen LogP contribution in [-0.2, 0) is 9.47 Å². The van der Waals surface area contributed by atoms with Crippen LogP contribution in [0.15, 0.2) is 0 Å². The number of hydrogen-bond donors (Lipinski definition) is 2. The van der Waals surface area contributed by atoms with Gasteiger partial charge in [0.05, 0.1) is 17.4 Å². The number of ether oxygens (including phenoxy) is 2. The summed E-state index contributed by atoms with van der Waals surface area (Å²) in [4.78, 5) is 0. The lowest BCUT2D eigenvalue weighted by molar-refractivity contribution is -0.251. The molecular formula is C7H12Cl2O4. The minimum absolute atomic E-state index is 0.151. The molecule has 0 saturated carbocycles. The molecule has 1 rings (SSSR count). The molecule has 0 aliphatic carbocycles. The van der Waals surface area contributed by atoms with E-state index in [1.807, 2.05) is 0 Å². The van der Waals surface area contributed by atoms with Gasteiger partial charge in [-0.05, 0) is 0 Å². The van der Waals surface area contributed by atoms with Crippen molar-refractivity contribution in [3.05, 3.63) is 0 Å². The molecule has 0 aromatic rings. The Morgan fingerprint density at radius 3 is 2.46 bits per heavy atom. The standard InChI is InChI=1S/C7H12Cl2O4/c1-12-7-6(11)5(10)4(9)3(2-8)13-7/h3-7,10-11H,2H2,1H3. The smallest absolute Gasteiger partial charge is 0.186 e. The molecule has 0 aromatic heterocycles. The van der Waals surface area contributed by atoms with Gasteiger partial charge in [0.2, 0.25) is 0 Å². The Labute approximate surface area is 86.3 Å². The first-order chi connectivity index (χ1) is 6.11. The fourth-order valence-electron chi connectivity index (χ4n) is 1.21. The Balaban J connectivity index is 2.66. The molecule has 1 aliphatic rings. The van der Waals surface area contributed by atoms with Crippen LogP contribution in [0.3, 0.4) is 0 Å². The van der Waals surface area contributed by atoms with E-state index >= 15 is 0 Å². The molecule has 5 atom stereocenters. The lowest BCUT2D eigenvalue weighted by atomic mass is 10.0. The van der Waals surface area contributed by atoms with Crippen molar-refractivity contribution in [2.45, 2.75) is 30.0 Å². The van der Waals surface area contributed by atoms with Crippen LogP contribution in [0.5, 0.6) is 0 Å². The van der Waals surface area contributed by atoms with Gasteiger partial charge in [0.1, 0.15) is 12.2 Å². The zero-order valence-corrected chi connectivity index (χ0v) is 8.57. The fourth-order valence-corrected chi connectivity index (χ4v) is 1.87. The molecule has 6 heteroatoms. The highest BCUT2D eigenvalue weighted by molar-refractivity contribution is 6.23. The van der Waals surface area contributed by atoms with Crippen molar-refractivity contribution >= 4 is 23.2 Å². The van der Waals surface area contributed by atoms with Crippen LogP contribution >= 0.6 is 23.2 Å². The molecule has 0 spiro atoms. The van der Waals surface area contributed by atoms with Gasteiger partial charge in [0, 0.05) is 7.11 Å². The molecule has 78 valence electrons. The fraction of sp³-hybridized carbons (Fsp3) is 1.00. The lowest BCUT2D eigenvalue weighted by Gasteiger charge is -2.38. The Bertz CT molecular complexity index is 149. The summed E-state index contributed by atoms with van der Waals surface area (Å²) in [6.45, 7) is 0. The third-order valence-electron chi connectivity index (χ3n) is 2.00. The lowest BCUT2D eigenvalue weighted by Crippen LogP contribution is -2.56. The van der Waals surface area contributed by atoms with Crippen LogP contribution in [0.25, 0.3) is 0 Å². The van der Waals surface area contributed by atoms with Crippen molar-refractivity contribution in [2.24, 2.45) is 0 Å². The highest BCUT2D eigenvalue weighted by atomic mass is 35.5. The Morgan fingerprint density at radius 2 is 2.00 bits per heavy atom. The maximum Gasteiger partial charge on any atom is 0.186 e. The summed E-state index contributed by atoms with van der Waals surface area (Å²) in [5, 5.41) is 18.1. The highest BCUT2D eigenvalue weighted by Crippen LogP contribution is 2.26. The van der Waals surface area contributed by atoms with Gasteiger partial charge in [-0.2, -0.15) is 0 Å². The Morgan fingerprint density at radius 1 is 1.38 bits per heavy atom. The van der Waals surface area contributed by atoms with Crippen LogP contribution in [-0.4, -0.2) is 53.2 Å². The summed E-state index contributed by atoms with van der Waals surface area (Å²) in [7, 11) is 1.38. The summed E-state index contributed by atoms with van der Waals surface area (Å²) in [5.74, 6) is 0.151. The summed E-state index contributed by atoms with van der Waals surface area (Å²) >= 11 is 11.3. The minimum Gasteiger partial charge on any atom is -0.389 e. The first-order valence-corrected chi connectivity index (χ1v) is 4.83. The number of hydrogen-bond acceptors (Lipinski definition) is 4. The van der Waals surface area contributed by atoms with E-state index in [1.54, 1.807) is 0 Å². The first-order valence-electron chi connectivity index (χ1n) is 3.86. The Kier molecular flexibility index (Phi) is 4.22. The first kappa shape index (κ1) is 11.5. The normalized spacial score (nSPS) is 46.4. The zero-order valence-electron chi connectivity index (χ0n) is 7.06. The van der Waals surface area contributed by atoms with E-state index in [4.69, 9.17) is 32.7 Å². The van der Waals surface area contributed by atoms with E-state index in [2.05, 4.69) is 0 Å². The predicted octanol–water partition coefficient (Wildman–Crippen LogP) is -0.0743. The van der Waals surface area contributed by atoms with Crippen LogP contribution in [0.1, 0.15) is 0 Å². The molecule has 0 amide bonds. The molecule has 0 aromatic carbocycles. The molecular weight excluding hydrogens is 219 g/mol. The van der Waals surface area contributed by atoms with Crippen molar-refractivity contribution in [3.8, 4) is 0 Å². The van der Waals surface area contributed by atoms with Gasteiger partial charge >= 0.3 is 0 Å². The second-order valence-electron chi connectivity index (χ2n) is 2.86. The van der Waals surface area contributed by atoms with Gasteiger partial charge in [0.15, 0.2) is 6.29 Å². The number of alkyl halides is 2. The zero-order chi connectivity index (χ0) is 10.0. The molecule has 1 saturated heterocycles. The van der Waals surface area contributed by atoms with Crippen LogP contribution in [0.2, 0.25) is 0 Å². The quantitative estimate of drug-likeness (QED) is 0.653. The van der Waals surface area contributed by atoms with Gasteiger partial charge in [-0.3, -0.25) is 0 Å². The van der Waals surface area contributed by atoms with E-state index < -0.39 is 30.0 Å². The maximum absolute atomic E-state index is 9.45. The van der Waals surface area contributed by atoms with Crippen molar-refractivity contribution in [1.82, 2.24) is 0 Å².